The Bertz CT molecular complexity index is 683. The number of rotatable bonds is 3. The highest BCUT2D eigenvalue weighted by molar-refractivity contribution is 7.12. The van der Waals surface area contributed by atoms with Gasteiger partial charge in [-0.15, -0.1) is 11.3 Å². The zero-order valence-corrected chi connectivity index (χ0v) is 13.6. The molecule has 1 amide bonds. The molecular weight excluding hydrogens is 314 g/mol. The second kappa shape index (κ2) is 6.23. The summed E-state index contributed by atoms with van der Waals surface area (Å²) >= 11 is 1.42. The van der Waals surface area contributed by atoms with E-state index < -0.39 is 0 Å². The van der Waals surface area contributed by atoms with E-state index in [1.54, 1.807) is 6.20 Å². The van der Waals surface area contributed by atoms with E-state index in [-0.39, 0.29) is 5.91 Å². The maximum Gasteiger partial charge on any atom is 0.267 e. The van der Waals surface area contributed by atoms with Crippen molar-refractivity contribution in [1.29, 1.82) is 0 Å². The van der Waals surface area contributed by atoms with Gasteiger partial charge in [-0.05, 0) is 18.8 Å². The fraction of sp³-hybridized carbons (Fsp3) is 0.500. The van der Waals surface area contributed by atoms with Gasteiger partial charge in [0.1, 0.15) is 18.1 Å². The van der Waals surface area contributed by atoms with Gasteiger partial charge in [-0.2, -0.15) is 0 Å². The molecule has 0 aromatic carbocycles. The topological polar surface area (TPSA) is 56.6 Å². The number of thiophene rings is 1. The molecule has 0 radical (unpaired) electrons. The third-order valence-corrected chi connectivity index (χ3v) is 5.26. The van der Waals surface area contributed by atoms with Crippen molar-refractivity contribution in [2.45, 2.75) is 19.4 Å². The molecule has 122 valence electrons. The number of ether oxygens (including phenoxy) is 2. The number of carbonyl (C=O) groups is 1. The molecule has 0 bridgehead atoms. The predicted octanol–water partition coefficient (Wildman–Crippen LogP) is 2.27. The summed E-state index contributed by atoms with van der Waals surface area (Å²) in [5.74, 6) is 1.87. The van der Waals surface area contributed by atoms with Crippen molar-refractivity contribution in [3.8, 4) is 11.5 Å². The molecule has 0 saturated carbocycles. The first-order chi connectivity index (χ1) is 11.3. The lowest BCUT2D eigenvalue weighted by molar-refractivity contribution is 0.0659. The molecule has 4 rings (SSSR count). The average molecular weight is 333 g/mol. The van der Waals surface area contributed by atoms with Crippen molar-refractivity contribution in [1.82, 2.24) is 14.5 Å². The molecule has 0 aliphatic carbocycles. The van der Waals surface area contributed by atoms with Crippen LogP contribution in [0.1, 0.15) is 22.5 Å². The van der Waals surface area contributed by atoms with Gasteiger partial charge in [0, 0.05) is 37.4 Å². The summed E-state index contributed by atoms with van der Waals surface area (Å²) in [6, 6.07) is 0. The molecule has 1 saturated heterocycles. The van der Waals surface area contributed by atoms with Gasteiger partial charge in [0.2, 0.25) is 0 Å². The lowest BCUT2D eigenvalue weighted by Crippen LogP contribution is -2.41. The van der Waals surface area contributed by atoms with Crippen LogP contribution in [0.4, 0.5) is 0 Å². The predicted molar refractivity (Wildman–Crippen MR) is 86.2 cm³/mol. The molecule has 1 atom stereocenters. The van der Waals surface area contributed by atoms with Crippen LogP contribution in [0.15, 0.2) is 24.1 Å². The zero-order valence-electron chi connectivity index (χ0n) is 12.8. The number of piperidine rings is 1. The summed E-state index contributed by atoms with van der Waals surface area (Å²) < 4.78 is 13.3. The molecule has 2 aromatic rings. The van der Waals surface area contributed by atoms with Crippen LogP contribution in [0.2, 0.25) is 0 Å². The average Bonchev–Trinajstić information content (AvgIpc) is 3.24. The number of likely N-dealkylation sites (tertiary alicyclic amines) is 1. The zero-order chi connectivity index (χ0) is 15.6. The van der Waals surface area contributed by atoms with Gasteiger partial charge in [-0.1, -0.05) is 0 Å². The molecule has 4 heterocycles. The van der Waals surface area contributed by atoms with Gasteiger partial charge >= 0.3 is 0 Å². The standard InChI is InChI=1S/C16H19N3O3S/c20-16(15-14-13(10-23-15)21-6-7-22-14)19-4-1-2-12(9-19)8-18-5-3-17-11-18/h3,5,10-12H,1-2,4,6-9H2/t12-/m1/s1. The Morgan fingerprint density at radius 2 is 2.30 bits per heavy atom. The van der Waals surface area contributed by atoms with Gasteiger partial charge in [0.15, 0.2) is 11.5 Å². The smallest absolute Gasteiger partial charge is 0.267 e. The first kappa shape index (κ1) is 14.6. The van der Waals surface area contributed by atoms with Crippen molar-refractivity contribution in [2.24, 2.45) is 5.92 Å². The number of amides is 1. The van der Waals surface area contributed by atoms with E-state index >= 15 is 0 Å². The maximum absolute atomic E-state index is 12.9. The molecule has 7 heteroatoms. The van der Waals surface area contributed by atoms with Crippen LogP contribution in [-0.4, -0.2) is 46.7 Å². The highest BCUT2D eigenvalue weighted by Crippen LogP contribution is 2.40. The van der Waals surface area contributed by atoms with Crippen LogP contribution in [-0.2, 0) is 6.54 Å². The first-order valence-corrected chi connectivity index (χ1v) is 8.81. The summed E-state index contributed by atoms with van der Waals surface area (Å²) in [6.45, 7) is 3.56. The molecule has 23 heavy (non-hydrogen) atoms. The fourth-order valence-electron chi connectivity index (χ4n) is 3.25. The highest BCUT2D eigenvalue weighted by atomic mass is 32.1. The second-order valence-electron chi connectivity index (χ2n) is 5.97. The Kier molecular flexibility index (Phi) is 3.95. The molecule has 1 fully saturated rings. The summed E-state index contributed by atoms with van der Waals surface area (Å²) in [4.78, 5) is 19.6. The minimum absolute atomic E-state index is 0.0667. The van der Waals surface area contributed by atoms with E-state index in [9.17, 15) is 4.79 Å². The number of fused-ring (bicyclic) bond motifs is 1. The number of aromatic nitrogens is 2. The van der Waals surface area contributed by atoms with Crippen molar-refractivity contribution in [3.05, 3.63) is 29.0 Å². The molecule has 0 spiro atoms. The van der Waals surface area contributed by atoms with Gasteiger partial charge in [-0.25, -0.2) is 4.98 Å². The minimum atomic E-state index is 0.0667. The van der Waals surface area contributed by atoms with E-state index in [4.69, 9.17) is 9.47 Å². The van der Waals surface area contributed by atoms with Crippen molar-refractivity contribution in [3.63, 3.8) is 0 Å². The number of imidazole rings is 1. The third kappa shape index (κ3) is 2.93. The van der Waals surface area contributed by atoms with Crippen LogP contribution in [0.5, 0.6) is 11.5 Å². The van der Waals surface area contributed by atoms with Crippen molar-refractivity contribution >= 4 is 17.2 Å². The molecule has 0 N–H and O–H groups in total. The Hall–Kier alpha value is -2.02. The molecule has 0 unspecified atom stereocenters. The van der Waals surface area contributed by atoms with Crippen LogP contribution in [0.3, 0.4) is 0 Å². The summed E-state index contributed by atoms with van der Waals surface area (Å²) in [6.07, 6.45) is 7.78. The van der Waals surface area contributed by atoms with Crippen molar-refractivity contribution < 1.29 is 14.3 Å². The lowest BCUT2D eigenvalue weighted by atomic mass is 9.97. The van der Waals surface area contributed by atoms with Gasteiger partial charge in [0.25, 0.3) is 5.91 Å². The molecular formula is C16H19N3O3S. The minimum Gasteiger partial charge on any atom is -0.485 e. The lowest BCUT2D eigenvalue weighted by Gasteiger charge is -2.33. The Morgan fingerprint density at radius 1 is 1.39 bits per heavy atom. The highest BCUT2D eigenvalue weighted by Gasteiger charge is 2.30. The Morgan fingerprint density at radius 3 is 3.17 bits per heavy atom. The molecule has 6 nitrogen and oxygen atoms in total. The van der Waals surface area contributed by atoms with E-state index in [0.29, 0.717) is 35.5 Å². The van der Waals surface area contributed by atoms with Gasteiger partial charge < -0.3 is 18.9 Å². The Balaban J connectivity index is 1.46. The number of carbonyl (C=O) groups excluding carboxylic acids is 1. The third-order valence-electron chi connectivity index (χ3n) is 4.33. The van der Waals surface area contributed by atoms with E-state index in [2.05, 4.69) is 9.55 Å². The first-order valence-electron chi connectivity index (χ1n) is 7.93. The maximum atomic E-state index is 12.9. The number of hydrogen-bond acceptors (Lipinski definition) is 5. The van der Waals surface area contributed by atoms with Crippen LogP contribution in [0.25, 0.3) is 0 Å². The fourth-order valence-corrected chi connectivity index (χ4v) is 4.14. The quantitative estimate of drug-likeness (QED) is 0.865. The second-order valence-corrected chi connectivity index (χ2v) is 6.85. The normalized spacial score (nSPS) is 20.5. The molecule has 2 aliphatic rings. The summed E-state index contributed by atoms with van der Waals surface area (Å²) in [5, 5.41) is 1.87. The largest absolute Gasteiger partial charge is 0.485 e. The van der Waals surface area contributed by atoms with Crippen LogP contribution < -0.4 is 9.47 Å². The van der Waals surface area contributed by atoms with Gasteiger partial charge in [-0.3, -0.25) is 4.79 Å². The number of hydrogen-bond donors (Lipinski definition) is 0. The summed E-state index contributed by atoms with van der Waals surface area (Å²) in [5.41, 5.74) is 0. The van der Waals surface area contributed by atoms with Crippen LogP contribution in [0, 0.1) is 5.92 Å². The van der Waals surface area contributed by atoms with Gasteiger partial charge in [0.05, 0.1) is 6.33 Å². The van der Waals surface area contributed by atoms with E-state index in [1.807, 2.05) is 22.8 Å². The summed E-state index contributed by atoms with van der Waals surface area (Å²) in [7, 11) is 0. The number of nitrogens with zero attached hydrogens (tertiary/aromatic N) is 3. The Labute approximate surface area is 138 Å². The molecule has 2 aliphatic heterocycles. The SMILES string of the molecule is O=C(c1scc2c1OCCO2)N1CCC[C@H](Cn2ccnc2)C1. The molecule has 2 aromatic heterocycles. The monoisotopic (exact) mass is 333 g/mol. The van der Waals surface area contributed by atoms with Crippen LogP contribution >= 0.6 is 11.3 Å². The van der Waals surface area contributed by atoms with E-state index in [0.717, 1.165) is 32.5 Å². The van der Waals surface area contributed by atoms with Crippen molar-refractivity contribution in [2.75, 3.05) is 26.3 Å². The van der Waals surface area contributed by atoms with E-state index in [1.165, 1.54) is 11.3 Å².